The number of rotatable bonds is 5. The van der Waals surface area contributed by atoms with Gasteiger partial charge in [-0.2, -0.15) is 0 Å². The van der Waals surface area contributed by atoms with Crippen molar-refractivity contribution in [3.8, 4) is 5.75 Å². The molecule has 2 unspecified atom stereocenters. The van der Waals surface area contributed by atoms with Crippen LogP contribution in [0, 0.1) is 0 Å². The van der Waals surface area contributed by atoms with Gasteiger partial charge in [0.15, 0.2) is 0 Å². The monoisotopic (exact) mass is 279 g/mol. The number of ether oxygens (including phenoxy) is 2. The van der Waals surface area contributed by atoms with Crippen molar-refractivity contribution >= 4 is 5.97 Å². The molecule has 0 aromatic heterocycles. The fraction of sp³-hybridized carbons (Fsp3) is 0.533. The van der Waals surface area contributed by atoms with Crippen LogP contribution in [0.3, 0.4) is 0 Å². The van der Waals surface area contributed by atoms with Gasteiger partial charge in [0.1, 0.15) is 11.3 Å². The quantitative estimate of drug-likeness (QED) is 0.893. The predicted octanol–water partition coefficient (Wildman–Crippen LogP) is 2.00. The third kappa shape index (κ3) is 3.11. The Bertz CT molecular complexity index is 489. The van der Waals surface area contributed by atoms with Crippen molar-refractivity contribution in [1.82, 2.24) is 4.90 Å². The zero-order valence-corrected chi connectivity index (χ0v) is 12.1. The van der Waals surface area contributed by atoms with Crippen molar-refractivity contribution in [2.24, 2.45) is 0 Å². The van der Waals surface area contributed by atoms with Gasteiger partial charge in [0, 0.05) is 19.2 Å². The van der Waals surface area contributed by atoms with Crippen LogP contribution in [-0.4, -0.2) is 48.9 Å². The largest absolute Gasteiger partial charge is 0.496 e. The van der Waals surface area contributed by atoms with E-state index in [4.69, 9.17) is 14.6 Å². The number of hydrogen-bond donors (Lipinski definition) is 1. The van der Waals surface area contributed by atoms with Gasteiger partial charge in [0.2, 0.25) is 0 Å². The molecule has 20 heavy (non-hydrogen) atoms. The van der Waals surface area contributed by atoms with E-state index >= 15 is 0 Å². The highest BCUT2D eigenvalue weighted by Gasteiger charge is 2.27. The third-order valence-electron chi connectivity index (χ3n) is 3.83. The SMILES string of the molecule is COc1cc(CN(C)C2CCOC2C)ccc1C(=O)O. The molecule has 0 amide bonds. The molecule has 0 aliphatic carbocycles. The molecule has 1 aliphatic heterocycles. The molecule has 110 valence electrons. The number of methoxy groups -OCH3 is 1. The van der Waals surface area contributed by atoms with Crippen LogP contribution in [0.1, 0.15) is 29.3 Å². The first kappa shape index (κ1) is 14.8. The van der Waals surface area contributed by atoms with Crippen LogP contribution < -0.4 is 4.74 Å². The lowest BCUT2D eigenvalue weighted by molar-refractivity contribution is 0.0693. The summed E-state index contributed by atoms with van der Waals surface area (Å²) in [5.41, 5.74) is 1.23. The highest BCUT2D eigenvalue weighted by atomic mass is 16.5. The second-order valence-corrected chi connectivity index (χ2v) is 5.19. The van der Waals surface area contributed by atoms with Crippen molar-refractivity contribution in [1.29, 1.82) is 0 Å². The Balaban J connectivity index is 2.11. The minimum Gasteiger partial charge on any atom is -0.496 e. The number of carboxylic acids is 1. The molecular formula is C15H21NO4. The number of carbonyl (C=O) groups is 1. The summed E-state index contributed by atoms with van der Waals surface area (Å²) in [6.07, 6.45) is 1.27. The topological polar surface area (TPSA) is 59.0 Å². The second-order valence-electron chi connectivity index (χ2n) is 5.19. The van der Waals surface area contributed by atoms with E-state index in [1.54, 1.807) is 12.1 Å². The summed E-state index contributed by atoms with van der Waals surface area (Å²) in [7, 11) is 3.55. The molecule has 1 N–H and O–H groups in total. The smallest absolute Gasteiger partial charge is 0.339 e. The standard InChI is InChI=1S/C15H21NO4/c1-10-13(6-7-20-10)16(2)9-11-4-5-12(15(17)18)14(8-11)19-3/h4-5,8,10,13H,6-7,9H2,1-3H3,(H,17,18). The summed E-state index contributed by atoms with van der Waals surface area (Å²) >= 11 is 0. The van der Waals surface area contributed by atoms with Crippen LogP contribution in [0.4, 0.5) is 0 Å². The third-order valence-corrected chi connectivity index (χ3v) is 3.83. The van der Waals surface area contributed by atoms with Gasteiger partial charge >= 0.3 is 5.97 Å². The zero-order chi connectivity index (χ0) is 14.7. The van der Waals surface area contributed by atoms with Gasteiger partial charge in [0.05, 0.1) is 13.2 Å². The Morgan fingerprint density at radius 3 is 2.85 bits per heavy atom. The van der Waals surface area contributed by atoms with Crippen molar-refractivity contribution < 1.29 is 19.4 Å². The minimum absolute atomic E-state index is 0.191. The lowest BCUT2D eigenvalue weighted by Crippen LogP contribution is -2.36. The summed E-state index contributed by atoms with van der Waals surface area (Å²) in [6.45, 7) is 3.63. The summed E-state index contributed by atoms with van der Waals surface area (Å²) in [6, 6.07) is 5.63. The first-order chi connectivity index (χ1) is 9.52. The van der Waals surface area contributed by atoms with E-state index in [0.29, 0.717) is 11.8 Å². The molecule has 0 bridgehead atoms. The van der Waals surface area contributed by atoms with Crippen LogP contribution in [-0.2, 0) is 11.3 Å². The van der Waals surface area contributed by atoms with Crippen LogP contribution >= 0.6 is 0 Å². The van der Waals surface area contributed by atoms with Gasteiger partial charge in [-0.25, -0.2) is 4.79 Å². The average molecular weight is 279 g/mol. The second kappa shape index (κ2) is 6.24. The van der Waals surface area contributed by atoms with Crippen molar-refractivity contribution in [3.63, 3.8) is 0 Å². The lowest BCUT2D eigenvalue weighted by Gasteiger charge is -2.26. The average Bonchev–Trinajstić information content (AvgIpc) is 2.84. The van der Waals surface area contributed by atoms with E-state index in [2.05, 4.69) is 18.9 Å². The molecule has 1 aromatic carbocycles. The normalized spacial score (nSPS) is 22.2. The zero-order valence-electron chi connectivity index (χ0n) is 12.1. The first-order valence-electron chi connectivity index (χ1n) is 6.75. The Hall–Kier alpha value is -1.59. The summed E-state index contributed by atoms with van der Waals surface area (Å²) < 4.78 is 10.7. The maximum Gasteiger partial charge on any atom is 0.339 e. The summed E-state index contributed by atoms with van der Waals surface area (Å²) in [5, 5.41) is 9.07. The van der Waals surface area contributed by atoms with Crippen molar-refractivity contribution in [3.05, 3.63) is 29.3 Å². The van der Waals surface area contributed by atoms with Crippen LogP contribution in [0.15, 0.2) is 18.2 Å². The fourth-order valence-corrected chi connectivity index (χ4v) is 2.72. The van der Waals surface area contributed by atoms with Crippen molar-refractivity contribution in [2.75, 3.05) is 20.8 Å². The Kier molecular flexibility index (Phi) is 4.62. The van der Waals surface area contributed by atoms with E-state index in [1.165, 1.54) is 7.11 Å². The van der Waals surface area contributed by atoms with Crippen LogP contribution in [0.5, 0.6) is 5.75 Å². The molecule has 2 rings (SSSR count). The highest BCUT2D eigenvalue weighted by Crippen LogP contribution is 2.24. The number of likely N-dealkylation sites (N-methyl/N-ethyl adjacent to an activating group) is 1. The molecule has 0 spiro atoms. The van der Waals surface area contributed by atoms with E-state index in [0.717, 1.165) is 25.1 Å². The molecule has 1 heterocycles. The van der Waals surface area contributed by atoms with Gasteiger partial charge in [-0.3, -0.25) is 4.90 Å². The number of benzene rings is 1. The molecule has 2 atom stereocenters. The maximum absolute atomic E-state index is 11.1. The first-order valence-corrected chi connectivity index (χ1v) is 6.75. The molecule has 5 heteroatoms. The molecule has 0 saturated carbocycles. The van der Waals surface area contributed by atoms with Gasteiger partial charge in [0.25, 0.3) is 0 Å². The number of aromatic carboxylic acids is 1. The molecule has 0 radical (unpaired) electrons. The predicted molar refractivity (Wildman–Crippen MR) is 75.2 cm³/mol. The van der Waals surface area contributed by atoms with Crippen LogP contribution in [0.2, 0.25) is 0 Å². The summed E-state index contributed by atoms with van der Waals surface area (Å²) in [5.74, 6) is -0.571. The van der Waals surface area contributed by atoms with E-state index in [9.17, 15) is 4.79 Å². The molecule has 1 aromatic rings. The Labute approximate surface area is 119 Å². The van der Waals surface area contributed by atoms with Gasteiger partial charge in [-0.1, -0.05) is 6.07 Å². The van der Waals surface area contributed by atoms with E-state index in [-0.39, 0.29) is 11.7 Å². The summed E-state index contributed by atoms with van der Waals surface area (Å²) in [4.78, 5) is 13.3. The van der Waals surface area contributed by atoms with Gasteiger partial charge in [-0.15, -0.1) is 0 Å². The number of carboxylic acid groups (broad SMARTS) is 1. The van der Waals surface area contributed by atoms with Crippen molar-refractivity contribution in [2.45, 2.75) is 32.0 Å². The lowest BCUT2D eigenvalue weighted by atomic mass is 10.1. The Morgan fingerprint density at radius 1 is 1.55 bits per heavy atom. The van der Waals surface area contributed by atoms with Crippen LogP contribution in [0.25, 0.3) is 0 Å². The molecule has 1 aliphatic rings. The minimum atomic E-state index is -0.973. The fourth-order valence-electron chi connectivity index (χ4n) is 2.72. The van der Waals surface area contributed by atoms with E-state index < -0.39 is 5.97 Å². The Morgan fingerprint density at radius 2 is 2.30 bits per heavy atom. The number of nitrogens with zero attached hydrogens (tertiary/aromatic N) is 1. The van der Waals surface area contributed by atoms with E-state index in [1.807, 2.05) is 6.07 Å². The maximum atomic E-state index is 11.1. The molecule has 5 nitrogen and oxygen atoms in total. The number of hydrogen-bond acceptors (Lipinski definition) is 4. The molecular weight excluding hydrogens is 258 g/mol. The molecule has 1 saturated heterocycles. The van der Waals surface area contributed by atoms with Gasteiger partial charge < -0.3 is 14.6 Å². The molecule has 1 fully saturated rings. The highest BCUT2D eigenvalue weighted by molar-refractivity contribution is 5.90. The van der Waals surface area contributed by atoms with Gasteiger partial charge in [-0.05, 0) is 38.1 Å².